The fourth-order valence-electron chi connectivity index (χ4n) is 8.01. The van der Waals surface area contributed by atoms with E-state index in [0.717, 1.165) is 69.4 Å². The first-order valence-electron chi connectivity index (χ1n) is 25.0. The first-order chi connectivity index (χ1) is 28.7. The number of unbranched alkanes of at least 4 members (excludes halogenated alkanes) is 17. The van der Waals surface area contributed by atoms with Crippen molar-refractivity contribution in [3.8, 4) is 0 Å². The summed E-state index contributed by atoms with van der Waals surface area (Å²) in [5.74, 6) is 0. The Morgan fingerprint density at radius 3 is 1.14 bits per heavy atom. The molecule has 0 saturated carbocycles. The van der Waals surface area contributed by atoms with Crippen molar-refractivity contribution in [1.29, 1.82) is 0 Å². The van der Waals surface area contributed by atoms with Crippen LogP contribution in [0.15, 0.2) is 48.0 Å². The summed E-state index contributed by atoms with van der Waals surface area (Å²) in [6.07, 6.45) is 36.3. The number of benzene rings is 2. The van der Waals surface area contributed by atoms with Crippen LogP contribution in [0.2, 0.25) is 0 Å². The Balaban J connectivity index is 0.00000119. The van der Waals surface area contributed by atoms with E-state index < -0.39 is 0 Å². The van der Waals surface area contributed by atoms with E-state index in [4.69, 9.17) is 0 Å². The number of rotatable bonds is 33. The summed E-state index contributed by atoms with van der Waals surface area (Å²) >= 11 is 1.59. The monoisotopic (exact) mass is 855 g/mol. The van der Waals surface area contributed by atoms with Crippen LogP contribution in [0.1, 0.15) is 230 Å². The van der Waals surface area contributed by atoms with E-state index in [9.17, 15) is 5.53 Å². The molecule has 0 N–H and O–H groups in total. The topological polar surface area (TPSA) is 31.8 Å². The summed E-state index contributed by atoms with van der Waals surface area (Å²) in [6, 6.07) is 14.6. The molecule has 4 nitrogen and oxygen atoms in total. The van der Waals surface area contributed by atoms with Crippen molar-refractivity contribution in [2.24, 2.45) is 0 Å². The SMILES string of the molecule is CCCCCCCCc1cc(CCCCCCCC)cc(C2=C(CCCC)C=C(c3cc(CCCCCC)cc(CCCCCC)c3)[N+]2=[N-])c1.CC[N](C)[Ni][N](C)CC. The van der Waals surface area contributed by atoms with Crippen molar-refractivity contribution in [3.05, 3.63) is 87.0 Å². The first kappa shape index (κ1) is 53.1. The Labute approximate surface area is 373 Å². The van der Waals surface area contributed by atoms with Crippen molar-refractivity contribution in [3.63, 3.8) is 0 Å². The molecule has 0 aromatic heterocycles. The van der Waals surface area contributed by atoms with Gasteiger partial charge in [0.1, 0.15) is 0 Å². The van der Waals surface area contributed by atoms with Gasteiger partial charge in [0.15, 0.2) is 0 Å². The van der Waals surface area contributed by atoms with Crippen molar-refractivity contribution in [2.45, 2.75) is 222 Å². The standard InChI is InChI=1S/C48H76N2.2C3H8N.Ni/c1-6-11-16-20-22-26-30-42-34-43(31-27-23-21-17-12-7-2)38-46(37-42)48-44(32-15-10-5)39-47(50(48)49)45-35-40(28-24-18-13-8-3)33-41(36-45)29-25-19-14-9-4;2*1-3-4-2;/h33-39H,6-32H2,1-5H3;2*3H2,1-2H3;/q;2*-1;+2. The molecule has 0 radical (unpaired) electrons. The van der Waals surface area contributed by atoms with Crippen molar-refractivity contribution < 1.29 is 19.6 Å². The number of nitrogens with zero attached hydrogens (tertiary/aromatic N) is 4. The van der Waals surface area contributed by atoms with Crippen LogP contribution in [0.25, 0.3) is 16.9 Å². The zero-order chi connectivity index (χ0) is 43.1. The van der Waals surface area contributed by atoms with E-state index in [2.05, 4.69) is 113 Å². The Morgan fingerprint density at radius 1 is 0.424 bits per heavy atom. The van der Waals surface area contributed by atoms with Crippen molar-refractivity contribution in [1.82, 2.24) is 7.96 Å². The molecule has 0 spiro atoms. The van der Waals surface area contributed by atoms with E-state index in [-0.39, 0.29) is 0 Å². The summed E-state index contributed by atoms with van der Waals surface area (Å²) in [6.45, 7) is 18.0. The summed E-state index contributed by atoms with van der Waals surface area (Å²) in [5.41, 5.74) is 23.6. The van der Waals surface area contributed by atoms with Crippen LogP contribution >= 0.6 is 0 Å². The van der Waals surface area contributed by atoms with Crippen LogP contribution in [0.4, 0.5) is 0 Å². The van der Waals surface area contributed by atoms with Gasteiger partial charge in [-0.25, -0.2) is 4.70 Å². The molecule has 1 aliphatic rings. The molecule has 5 heteroatoms. The molecule has 0 fully saturated rings. The third-order valence-electron chi connectivity index (χ3n) is 11.9. The molecule has 0 atom stereocenters. The molecule has 2 aromatic carbocycles. The van der Waals surface area contributed by atoms with Crippen LogP contribution in [0.3, 0.4) is 0 Å². The minimum absolute atomic E-state index is 0.968. The Bertz CT molecular complexity index is 1400. The molecule has 3 rings (SSSR count). The van der Waals surface area contributed by atoms with Crippen LogP contribution in [0.5, 0.6) is 0 Å². The van der Waals surface area contributed by atoms with Gasteiger partial charge in [-0.3, -0.25) is 0 Å². The molecule has 59 heavy (non-hydrogen) atoms. The first-order valence-corrected chi connectivity index (χ1v) is 25.8. The van der Waals surface area contributed by atoms with Crippen molar-refractivity contribution >= 4 is 11.4 Å². The molecule has 1 heterocycles. The number of aryl methyl sites for hydroxylation is 4. The van der Waals surface area contributed by atoms with E-state index in [1.54, 1.807) is 19.6 Å². The van der Waals surface area contributed by atoms with E-state index in [1.807, 2.05) is 0 Å². The molecular formula is C54H92N4Ni. The molecule has 0 saturated heterocycles. The van der Waals surface area contributed by atoms with Gasteiger partial charge < -0.3 is 5.53 Å². The predicted octanol–water partition coefficient (Wildman–Crippen LogP) is 16.5. The van der Waals surface area contributed by atoms with Crippen LogP contribution < -0.4 is 0 Å². The normalized spacial score (nSPS) is 12.9. The fourth-order valence-corrected chi connectivity index (χ4v) is 8.87. The summed E-state index contributed by atoms with van der Waals surface area (Å²) in [5, 5.41) is 0. The van der Waals surface area contributed by atoms with Crippen molar-refractivity contribution in [2.75, 3.05) is 27.2 Å². The molecule has 0 unspecified atom stereocenters. The Morgan fingerprint density at radius 2 is 0.763 bits per heavy atom. The molecule has 0 aliphatic carbocycles. The third-order valence-corrected chi connectivity index (χ3v) is 13.2. The number of hydrogen-bond donors (Lipinski definition) is 0. The van der Waals surface area contributed by atoms with Gasteiger partial charge in [-0.1, -0.05) is 156 Å². The maximum atomic E-state index is 12.2. The summed E-state index contributed by atoms with van der Waals surface area (Å²) in [4.78, 5) is 0. The van der Waals surface area contributed by atoms with Gasteiger partial charge in [-0.15, -0.1) is 0 Å². The van der Waals surface area contributed by atoms with Gasteiger partial charge in [-0.05, 0) is 111 Å². The average molecular weight is 856 g/mol. The van der Waals surface area contributed by atoms with Gasteiger partial charge in [0.25, 0.3) is 0 Å². The van der Waals surface area contributed by atoms with E-state index in [1.165, 1.54) is 167 Å². The Hall–Kier alpha value is -2.07. The van der Waals surface area contributed by atoms with Gasteiger partial charge in [0.2, 0.25) is 11.4 Å². The third kappa shape index (κ3) is 22.0. The van der Waals surface area contributed by atoms with E-state index >= 15 is 0 Å². The molecule has 0 bridgehead atoms. The average Bonchev–Trinajstić information content (AvgIpc) is 3.58. The second kappa shape index (κ2) is 33.5. The van der Waals surface area contributed by atoms with Gasteiger partial charge in [-0.2, -0.15) is 0 Å². The molecule has 0 amide bonds. The number of hydrogen-bond acceptors (Lipinski definition) is 2. The molecular weight excluding hydrogens is 763 g/mol. The minimum atomic E-state index is 0.968. The fraction of sp³-hybridized carbons (Fsp3) is 0.704. The molecule has 1 aliphatic heterocycles. The van der Waals surface area contributed by atoms with Crippen LogP contribution in [0, 0.1) is 0 Å². The maximum absolute atomic E-state index is 12.2. The Kier molecular flexibility index (Phi) is 30.2. The predicted molar refractivity (Wildman–Crippen MR) is 257 cm³/mol. The summed E-state index contributed by atoms with van der Waals surface area (Å²) < 4.78 is 6.02. The second-order valence-electron chi connectivity index (χ2n) is 17.4. The zero-order valence-electron chi connectivity index (χ0n) is 40.2. The second-order valence-corrected chi connectivity index (χ2v) is 19.1. The molecule has 338 valence electrons. The molecule has 2 aromatic rings. The quantitative estimate of drug-likeness (QED) is 0.0407. The van der Waals surface area contributed by atoms with Crippen LogP contribution in [-0.2, 0) is 40.5 Å². The number of allylic oxidation sites excluding steroid dienone is 2. The van der Waals surface area contributed by atoms with Gasteiger partial charge in [0.05, 0.1) is 0 Å². The van der Waals surface area contributed by atoms with Gasteiger partial charge >= 0.3 is 63.9 Å². The van der Waals surface area contributed by atoms with Gasteiger partial charge in [0, 0.05) is 22.8 Å². The van der Waals surface area contributed by atoms with E-state index in [0.29, 0.717) is 0 Å². The zero-order valence-corrected chi connectivity index (χ0v) is 41.1. The van der Waals surface area contributed by atoms with Crippen LogP contribution in [-0.4, -0.2) is 39.8 Å². The summed E-state index contributed by atoms with van der Waals surface area (Å²) in [7, 11) is 4.21.